The van der Waals surface area contributed by atoms with E-state index in [9.17, 15) is 31.5 Å². The SMILES string of the molecule is CN(C[C@H](O)CNC(C)(C)CCCc1c(F)cccc1F)S(=O)(=O)c1cc(F)cc(CCC(=O)O)c1Cl. The first-order valence-corrected chi connectivity index (χ1v) is 13.5. The number of carboxylic acids is 1. The number of β-amino-alcohol motifs (C(OH)–C–C–N with tert-alkyl or cyclic N) is 1. The van der Waals surface area contributed by atoms with Crippen molar-refractivity contribution in [2.24, 2.45) is 0 Å². The highest BCUT2D eigenvalue weighted by Crippen LogP contribution is 2.30. The third kappa shape index (κ3) is 8.96. The first-order chi connectivity index (χ1) is 17.1. The molecule has 0 saturated heterocycles. The Balaban J connectivity index is 1.97. The van der Waals surface area contributed by atoms with E-state index < -0.39 is 50.0 Å². The number of aryl methyl sites for hydroxylation is 1. The molecule has 0 fully saturated rings. The molecule has 0 aromatic heterocycles. The van der Waals surface area contributed by atoms with Crippen LogP contribution >= 0.6 is 11.6 Å². The Morgan fingerprint density at radius 1 is 1.16 bits per heavy atom. The summed E-state index contributed by atoms with van der Waals surface area (Å²) in [6, 6.07) is 5.46. The quantitative estimate of drug-likeness (QED) is 0.318. The molecule has 7 nitrogen and oxygen atoms in total. The van der Waals surface area contributed by atoms with Crippen LogP contribution in [0.25, 0.3) is 0 Å². The van der Waals surface area contributed by atoms with Crippen molar-refractivity contribution in [2.75, 3.05) is 20.1 Å². The second-order valence-electron chi connectivity index (χ2n) is 9.53. The van der Waals surface area contributed by atoms with Crippen molar-refractivity contribution < 1.29 is 36.6 Å². The number of carboxylic acid groups (broad SMARTS) is 1. The van der Waals surface area contributed by atoms with Gasteiger partial charge in [-0.1, -0.05) is 17.7 Å². The normalized spacial score (nSPS) is 13.2. The topological polar surface area (TPSA) is 107 Å². The van der Waals surface area contributed by atoms with Crippen LogP contribution in [0.1, 0.15) is 44.2 Å². The van der Waals surface area contributed by atoms with Crippen molar-refractivity contribution in [3.05, 3.63) is 63.9 Å². The zero-order valence-electron chi connectivity index (χ0n) is 20.9. The van der Waals surface area contributed by atoms with E-state index in [0.717, 1.165) is 16.4 Å². The number of hydrogen-bond acceptors (Lipinski definition) is 5. The van der Waals surface area contributed by atoms with Gasteiger partial charge in [0.2, 0.25) is 10.0 Å². The summed E-state index contributed by atoms with van der Waals surface area (Å²) in [6.07, 6.45) is -0.431. The number of hydrogen-bond donors (Lipinski definition) is 3. The summed E-state index contributed by atoms with van der Waals surface area (Å²) < 4.78 is 68.6. The Morgan fingerprint density at radius 3 is 2.38 bits per heavy atom. The second-order valence-corrected chi connectivity index (χ2v) is 11.9. The third-order valence-electron chi connectivity index (χ3n) is 5.95. The van der Waals surface area contributed by atoms with Gasteiger partial charge < -0.3 is 15.5 Å². The van der Waals surface area contributed by atoms with Crippen LogP contribution in [0.4, 0.5) is 13.2 Å². The maximum Gasteiger partial charge on any atom is 0.303 e. The molecule has 0 aliphatic rings. The third-order valence-corrected chi connectivity index (χ3v) is 8.36. The molecule has 12 heteroatoms. The van der Waals surface area contributed by atoms with Gasteiger partial charge in [-0.3, -0.25) is 4.79 Å². The van der Waals surface area contributed by atoms with E-state index in [1.54, 1.807) is 0 Å². The van der Waals surface area contributed by atoms with Gasteiger partial charge in [-0.25, -0.2) is 21.6 Å². The molecule has 0 saturated carbocycles. The van der Waals surface area contributed by atoms with Crippen LogP contribution in [0.15, 0.2) is 35.2 Å². The van der Waals surface area contributed by atoms with Crippen LogP contribution in [0, 0.1) is 17.5 Å². The average molecular weight is 565 g/mol. The van der Waals surface area contributed by atoms with Gasteiger partial charge in [-0.2, -0.15) is 4.31 Å². The Kier molecular flexibility index (Phi) is 11.0. The molecule has 0 heterocycles. The number of sulfonamides is 1. The lowest BCUT2D eigenvalue weighted by atomic mass is 9.95. The maximum atomic E-state index is 14.1. The monoisotopic (exact) mass is 564 g/mol. The van der Waals surface area contributed by atoms with Crippen LogP contribution in [0.2, 0.25) is 5.02 Å². The number of nitrogens with one attached hydrogen (secondary N) is 1. The van der Waals surface area contributed by atoms with Gasteiger partial charge in [-0.15, -0.1) is 0 Å². The lowest BCUT2D eigenvalue weighted by Gasteiger charge is -2.29. The molecule has 0 bridgehead atoms. The Morgan fingerprint density at radius 2 is 1.78 bits per heavy atom. The summed E-state index contributed by atoms with van der Waals surface area (Å²) in [6.45, 7) is 3.39. The smallest absolute Gasteiger partial charge is 0.303 e. The van der Waals surface area contributed by atoms with Crippen LogP contribution in [0.3, 0.4) is 0 Å². The number of aliphatic hydroxyl groups excluding tert-OH is 1. The van der Waals surface area contributed by atoms with Gasteiger partial charge in [0.1, 0.15) is 22.3 Å². The highest BCUT2D eigenvalue weighted by atomic mass is 35.5. The molecule has 0 aliphatic carbocycles. The first-order valence-electron chi connectivity index (χ1n) is 11.7. The minimum Gasteiger partial charge on any atom is -0.481 e. The van der Waals surface area contributed by atoms with Crippen molar-refractivity contribution in [2.45, 2.75) is 62.5 Å². The van der Waals surface area contributed by atoms with Crippen molar-refractivity contribution in [3.8, 4) is 0 Å². The highest BCUT2D eigenvalue weighted by Gasteiger charge is 2.28. The van der Waals surface area contributed by atoms with E-state index in [1.807, 2.05) is 13.8 Å². The molecule has 0 aliphatic heterocycles. The van der Waals surface area contributed by atoms with E-state index in [1.165, 1.54) is 25.2 Å². The minimum atomic E-state index is -4.30. The molecular weight excluding hydrogens is 533 g/mol. The number of benzene rings is 2. The van der Waals surface area contributed by atoms with Crippen LogP contribution < -0.4 is 5.32 Å². The summed E-state index contributed by atoms with van der Waals surface area (Å²) in [5.41, 5.74) is -0.451. The zero-order chi connectivity index (χ0) is 28.0. The number of likely N-dealkylation sites (N-methyl/N-ethyl adjacent to an activating group) is 1. The molecule has 2 rings (SSSR count). The maximum absolute atomic E-state index is 14.1. The summed E-state index contributed by atoms with van der Waals surface area (Å²) in [4.78, 5) is 10.3. The van der Waals surface area contributed by atoms with Crippen LogP contribution in [-0.4, -0.2) is 60.7 Å². The van der Waals surface area contributed by atoms with Crippen molar-refractivity contribution in [1.29, 1.82) is 0 Å². The fourth-order valence-electron chi connectivity index (χ4n) is 3.82. The summed E-state index contributed by atoms with van der Waals surface area (Å²) in [7, 11) is -3.09. The standard InChI is InChI=1S/C25H32ClF3N2O5S/c1-25(2,11-5-6-19-20(28)7-4-8-21(19)29)30-14-18(32)15-31(3)37(35,36)22-13-17(27)12-16(24(22)26)9-10-23(33)34/h4,7-8,12-13,18,30,32H,5-6,9-11,14-15H2,1-3H3,(H,33,34)/t18-/m1/s1. The van der Waals surface area contributed by atoms with Gasteiger partial charge in [0.05, 0.1) is 11.1 Å². The number of rotatable bonds is 14. The number of halogens is 4. The zero-order valence-corrected chi connectivity index (χ0v) is 22.5. The second kappa shape index (κ2) is 13.1. The van der Waals surface area contributed by atoms with Crippen molar-refractivity contribution >= 4 is 27.6 Å². The Hall–Kier alpha value is -2.18. The van der Waals surface area contributed by atoms with Gasteiger partial charge >= 0.3 is 5.97 Å². The Labute approximate surface area is 220 Å². The molecule has 2 aromatic carbocycles. The lowest BCUT2D eigenvalue weighted by Crippen LogP contribution is -2.46. The fourth-order valence-corrected chi connectivity index (χ4v) is 5.64. The largest absolute Gasteiger partial charge is 0.481 e. The van der Waals surface area contributed by atoms with E-state index in [0.29, 0.717) is 12.8 Å². The van der Waals surface area contributed by atoms with Gasteiger partial charge in [-0.05, 0) is 69.4 Å². The first kappa shape index (κ1) is 31.0. The molecule has 1 atom stereocenters. The molecule has 0 unspecified atom stereocenters. The van der Waals surface area contributed by atoms with E-state index in [-0.39, 0.29) is 48.5 Å². The minimum absolute atomic E-state index is 0.0155. The molecule has 0 amide bonds. The average Bonchev–Trinajstić information content (AvgIpc) is 2.79. The van der Waals surface area contributed by atoms with Gasteiger partial charge in [0.25, 0.3) is 0 Å². The molecule has 2 aromatic rings. The van der Waals surface area contributed by atoms with Gasteiger partial charge in [0.15, 0.2) is 0 Å². The molecule has 206 valence electrons. The Bertz CT molecular complexity index is 1190. The highest BCUT2D eigenvalue weighted by molar-refractivity contribution is 7.89. The van der Waals surface area contributed by atoms with Crippen LogP contribution in [-0.2, 0) is 27.7 Å². The number of nitrogens with zero attached hydrogens (tertiary/aromatic N) is 1. The predicted octanol–water partition coefficient (Wildman–Crippen LogP) is 4.15. The van der Waals surface area contributed by atoms with E-state index >= 15 is 0 Å². The molecule has 0 radical (unpaired) electrons. The molecule has 3 N–H and O–H groups in total. The summed E-state index contributed by atoms with van der Waals surface area (Å²) in [5.74, 6) is -3.22. The molecule has 0 spiro atoms. The number of aliphatic hydroxyl groups is 1. The van der Waals surface area contributed by atoms with Gasteiger partial charge in [0, 0.05) is 37.7 Å². The number of carbonyl (C=O) groups is 1. The van der Waals surface area contributed by atoms with Crippen molar-refractivity contribution in [3.63, 3.8) is 0 Å². The van der Waals surface area contributed by atoms with E-state index in [4.69, 9.17) is 16.7 Å². The predicted molar refractivity (Wildman–Crippen MR) is 135 cm³/mol. The number of aliphatic carboxylic acids is 1. The van der Waals surface area contributed by atoms with E-state index in [2.05, 4.69) is 5.32 Å². The van der Waals surface area contributed by atoms with Crippen molar-refractivity contribution in [1.82, 2.24) is 9.62 Å². The summed E-state index contributed by atoms with van der Waals surface area (Å²) in [5, 5.41) is 22.2. The fraction of sp³-hybridized carbons (Fsp3) is 0.480. The molecular formula is C25H32ClF3N2O5S. The lowest BCUT2D eigenvalue weighted by molar-refractivity contribution is -0.136. The van der Waals surface area contributed by atoms with Crippen LogP contribution in [0.5, 0.6) is 0 Å². The summed E-state index contributed by atoms with van der Waals surface area (Å²) >= 11 is 6.18. The molecule has 37 heavy (non-hydrogen) atoms.